The van der Waals surface area contributed by atoms with Gasteiger partial charge in [0.25, 0.3) is 0 Å². The molecule has 2 heteroatoms. The largest absolute Gasteiger partial charge is 0.324 e. The van der Waals surface area contributed by atoms with Gasteiger partial charge in [0.2, 0.25) is 0 Å². The Bertz CT molecular complexity index is 345. The number of nitrogens with zero attached hydrogens (tertiary/aromatic N) is 1. The Morgan fingerprint density at radius 1 is 0.905 bits per heavy atom. The second-order valence-electron chi connectivity index (χ2n) is 6.31. The summed E-state index contributed by atoms with van der Waals surface area (Å²) in [6.07, 6.45) is 16.8. The van der Waals surface area contributed by atoms with Crippen molar-refractivity contribution < 1.29 is 0 Å². The van der Waals surface area contributed by atoms with Crippen molar-refractivity contribution in [2.24, 2.45) is 5.73 Å². The van der Waals surface area contributed by atoms with E-state index in [0.717, 1.165) is 12.1 Å². The Kier molecular flexibility index (Phi) is 10.1. The first-order valence-electron chi connectivity index (χ1n) is 8.92. The van der Waals surface area contributed by atoms with E-state index < -0.39 is 0 Å². The lowest BCUT2D eigenvalue weighted by Crippen LogP contribution is -2.10. The van der Waals surface area contributed by atoms with Gasteiger partial charge in [-0.3, -0.25) is 4.98 Å². The first-order valence-corrected chi connectivity index (χ1v) is 8.92. The molecule has 21 heavy (non-hydrogen) atoms. The number of hydrogen-bond donors (Lipinski definition) is 1. The van der Waals surface area contributed by atoms with E-state index in [1.807, 2.05) is 19.2 Å². The summed E-state index contributed by atoms with van der Waals surface area (Å²) in [6, 6.07) is 4.32. The number of hydrogen-bond acceptors (Lipinski definition) is 2. The molecule has 0 radical (unpaired) electrons. The van der Waals surface area contributed by atoms with Gasteiger partial charge in [0.15, 0.2) is 0 Å². The number of pyridine rings is 1. The zero-order valence-corrected chi connectivity index (χ0v) is 14.1. The average molecular weight is 290 g/mol. The van der Waals surface area contributed by atoms with Crippen molar-refractivity contribution in [3.05, 3.63) is 29.6 Å². The maximum Gasteiger partial charge on any atom is 0.0372 e. The molecular formula is C19H34N2. The van der Waals surface area contributed by atoms with Gasteiger partial charge in [-0.05, 0) is 25.0 Å². The number of aromatic nitrogens is 1. The summed E-state index contributed by atoms with van der Waals surface area (Å²) in [5, 5.41) is 0. The molecule has 1 heterocycles. The maximum atomic E-state index is 6.21. The van der Waals surface area contributed by atoms with Gasteiger partial charge in [0.1, 0.15) is 0 Å². The highest BCUT2D eigenvalue weighted by atomic mass is 14.7. The molecular weight excluding hydrogens is 256 g/mol. The van der Waals surface area contributed by atoms with E-state index in [1.165, 1.54) is 69.8 Å². The number of aryl methyl sites for hydroxylation is 1. The minimum atomic E-state index is 0.159. The van der Waals surface area contributed by atoms with Crippen LogP contribution in [0.2, 0.25) is 0 Å². The normalized spacial score (nSPS) is 12.5. The van der Waals surface area contributed by atoms with Gasteiger partial charge >= 0.3 is 0 Å². The van der Waals surface area contributed by atoms with Gasteiger partial charge in [-0.1, -0.05) is 77.2 Å². The summed E-state index contributed by atoms with van der Waals surface area (Å²) in [4.78, 5) is 4.32. The molecule has 0 fully saturated rings. The summed E-state index contributed by atoms with van der Waals surface area (Å²) < 4.78 is 0. The average Bonchev–Trinajstić information content (AvgIpc) is 2.49. The van der Waals surface area contributed by atoms with Crippen molar-refractivity contribution in [1.29, 1.82) is 0 Å². The molecule has 0 aliphatic heterocycles. The molecule has 0 saturated heterocycles. The molecule has 0 bridgehead atoms. The van der Waals surface area contributed by atoms with Crippen molar-refractivity contribution in [1.82, 2.24) is 4.98 Å². The van der Waals surface area contributed by atoms with E-state index in [0.29, 0.717) is 0 Å². The Morgan fingerprint density at radius 3 is 2.00 bits per heavy atom. The Labute approximate surface area is 131 Å². The minimum absolute atomic E-state index is 0.159. The molecule has 0 aromatic carbocycles. The molecule has 1 unspecified atom stereocenters. The van der Waals surface area contributed by atoms with Crippen LogP contribution in [0.5, 0.6) is 0 Å². The molecule has 1 aromatic rings. The summed E-state index contributed by atoms with van der Waals surface area (Å²) in [5.74, 6) is 0. The van der Waals surface area contributed by atoms with Crippen LogP contribution in [0.1, 0.15) is 94.9 Å². The van der Waals surface area contributed by atoms with E-state index in [-0.39, 0.29) is 6.04 Å². The van der Waals surface area contributed by atoms with Crippen LogP contribution in [-0.4, -0.2) is 4.98 Å². The molecule has 0 aliphatic carbocycles. The fraction of sp³-hybridized carbons (Fsp3) is 0.737. The molecule has 2 nitrogen and oxygen atoms in total. The van der Waals surface area contributed by atoms with Gasteiger partial charge < -0.3 is 5.73 Å². The molecule has 120 valence electrons. The zero-order valence-electron chi connectivity index (χ0n) is 14.1. The highest BCUT2D eigenvalue weighted by Crippen LogP contribution is 2.18. The molecule has 1 rings (SSSR count). The summed E-state index contributed by atoms with van der Waals surface area (Å²) >= 11 is 0. The van der Waals surface area contributed by atoms with E-state index in [1.54, 1.807) is 0 Å². The first kappa shape index (κ1) is 18.2. The van der Waals surface area contributed by atoms with Crippen LogP contribution in [0, 0.1) is 6.92 Å². The zero-order chi connectivity index (χ0) is 15.3. The maximum absolute atomic E-state index is 6.21. The minimum Gasteiger partial charge on any atom is -0.324 e. The number of unbranched alkanes of at least 4 members (excludes halogenated alkanes) is 9. The van der Waals surface area contributed by atoms with Crippen molar-refractivity contribution in [3.8, 4) is 0 Å². The van der Waals surface area contributed by atoms with Crippen molar-refractivity contribution in [2.75, 3.05) is 0 Å². The lowest BCUT2D eigenvalue weighted by Gasteiger charge is -2.11. The third-order valence-electron chi connectivity index (χ3n) is 4.23. The third kappa shape index (κ3) is 8.87. The highest BCUT2D eigenvalue weighted by Gasteiger charge is 2.05. The molecule has 0 saturated carbocycles. The monoisotopic (exact) mass is 290 g/mol. The molecule has 0 aliphatic rings. The van der Waals surface area contributed by atoms with Crippen LogP contribution in [0.4, 0.5) is 0 Å². The molecule has 0 amide bonds. The predicted octanol–water partition coefficient (Wildman–Crippen LogP) is 5.70. The van der Waals surface area contributed by atoms with Crippen LogP contribution in [0.3, 0.4) is 0 Å². The Hall–Kier alpha value is -0.890. The lowest BCUT2D eigenvalue weighted by atomic mass is 10.0. The van der Waals surface area contributed by atoms with Gasteiger partial charge in [0.05, 0.1) is 0 Å². The van der Waals surface area contributed by atoms with Crippen molar-refractivity contribution in [2.45, 2.75) is 90.5 Å². The SMILES string of the molecule is CCCCCCCCCCCCC(N)c1ccc(C)nc1. The topological polar surface area (TPSA) is 38.9 Å². The Morgan fingerprint density at radius 2 is 1.48 bits per heavy atom. The third-order valence-corrected chi connectivity index (χ3v) is 4.23. The number of nitrogens with two attached hydrogens (primary N) is 1. The quantitative estimate of drug-likeness (QED) is 0.501. The van der Waals surface area contributed by atoms with E-state index in [2.05, 4.69) is 18.0 Å². The number of rotatable bonds is 12. The fourth-order valence-electron chi connectivity index (χ4n) is 2.72. The molecule has 2 N–H and O–H groups in total. The van der Waals surface area contributed by atoms with Crippen LogP contribution in [-0.2, 0) is 0 Å². The molecule has 1 aromatic heterocycles. The van der Waals surface area contributed by atoms with Crippen LogP contribution < -0.4 is 5.73 Å². The summed E-state index contributed by atoms with van der Waals surface area (Å²) in [5.41, 5.74) is 8.45. The van der Waals surface area contributed by atoms with Gasteiger partial charge in [-0.2, -0.15) is 0 Å². The molecule has 1 atom stereocenters. The second kappa shape index (κ2) is 11.7. The van der Waals surface area contributed by atoms with E-state index in [9.17, 15) is 0 Å². The lowest BCUT2D eigenvalue weighted by molar-refractivity contribution is 0.528. The second-order valence-corrected chi connectivity index (χ2v) is 6.31. The summed E-state index contributed by atoms with van der Waals surface area (Å²) in [6.45, 7) is 4.29. The molecule has 0 spiro atoms. The Balaban J connectivity index is 1.95. The smallest absolute Gasteiger partial charge is 0.0372 e. The highest BCUT2D eigenvalue weighted by molar-refractivity contribution is 5.16. The van der Waals surface area contributed by atoms with Crippen LogP contribution >= 0.6 is 0 Å². The van der Waals surface area contributed by atoms with Crippen LogP contribution in [0.25, 0.3) is 0 Å². The van der Waals surface area contributed by atoms with E-state index in [4.69, 9.17) is 5.73 Å². The van der Waals surface area contributed by atoms with Gasteiger partial charge in [0, 0.05) is 17.9 Å². The van der Waals surface area contributed by atoms with Gasteiger partial charge in [-0.15, -0.1) is 0 Å². The van der Waals surface area contributed by atoms with Crippen molar-refractivity contribution >= 4 is 0 Å². The van der Waals surface area contributed by atoms with Crippen molar-refractivity contribution in [3.63, 3.8) is 0 Å². The fourth-order valence-corrected chi connectivity index (χ4v) is 2.72. The van der Waals surface area contributed by atoms with Crippen LogP contribution in [0.15, 0.2) is 18.3 Å². The first-order chi connectivity index (χ1) is 10.2. The predicted molar refractivity (Wildman–Crippen MR) is 92.4 cm³/mol. The van der Waals surface area contributed by atoms with E-state index >= 15 is 0 Å². The standard InChI is InChI=1S/C19H34N2/c1-3-4-5-6-7-8-9-10-11-12-13-19(20)18-15-14-17(2)21-16-18/h14-16,19H,3-13,20H2,1-2H3. The van der Waals surface area contributed by atoms with Gasteiger partial charge in [-0.25, -0.2) is 0 Å². The summed E-state index contributed by atoms with van der Waals surface area (Å²) in [7, 11) is 0.